The van der Waals surface area contributed by atoms with E-state index in [-0.39, 0.29) is 24.5 Å². The standard InChI is InChI=1S/C30H36N4O5S/c1-4-21-11-14-34(28(17-21)30(36)39-5-2)29(35)27(16-22-7-6-8-23(15-22)19-31)32-40(37,38)26-10-9-24-12-13-33(3)20-25(24)18-26/h6-11,15,18,27-28,32H,4-5,12-14,16-17,20H2,1-3H3/t27-,28+/m0/s1. The number of esters is 1. The minimum Gasteiger partial charge on any atom is -0.464 e. The molecule has 1 N–H and O–H groups in total. The van der Waals surface area contributed by atoms with Gasteiger partial charge in [-0.3, -0.25) is 4.79 Å². The molecule has 212 valence electrons. The van der Waals surface area contributed by atoms with E-state index in [9.17, 15) is 23.3 Å². The van der Waals surface area contributed by atoms with E-state index in [1.54, 1.807) is 43.3 Å². The lowest BCUT2D eigenvalue weighted by Crippen LogP contribution is -2.56. The highest BCUT2D eigenvalue weighted by molar-refractivity contribution is 7.89. The maximum absolute atomic E-state index is 14.0. The summed E-state index contributed by atoms with van der Waals surface area (Å²) >= 11 is 0. The van der Waals surface area contributed by atoms with Crippen LogP contribution in [0.1, 0.15) is 48.9 Å². The molecule has 2 atom stereocenters. The van der Waals surface area contributed by atoms with E-state index in [0.717, 1.165) is 36.1 Å². The van der Waals surface area contributed by atoms with Gasteiger partial charge in [-0.15, -0.1) is 0 Å². The van der Waals surface area contributed by atoms with Crippen LogP contribution in [0.25, 0.3) is 0 Å². The SMILES string of the molecule is CCOC(=O)[C@H]1CC(CC)=CCN1C(=O)[C@H](Cc1cccc(C#N)c1)NS(=O)(=O)c1ccc2c(c1)CN(C)CC2. The monoisotopic (exact) mass is 564 g/mol. The summed E-state index contributed by atoms with van der Waals surface area (Å²) in [6.07, 6.45) is 3.84. The number of amides is 1. The second-order valence-corrected chi connectivity index (χ2v) is 12.0. The maximum Gasteiger partial charge on any atom is 0.329 e. The van der Waals surface area contributed by atoms with Gasteiger partial charge in [0.05, 0.1) is 23.1 Å². The molecule has 0 aliphatic carbocycles. The van der Waals surface area contributed by atoms with Crippen molar-refractivity contribution in [3.8, 4) is 6.07 Å². The highest BCUT2D eigenvalue weighted by Crippen LogP contribution is 2.25. The van der Waals surface area contributed by atoms with E-state index < -0.39 is 34.0 Å². The molecule has 2 aromatic rings. The number of nitrogens with one attached hydrogen (secondary N) is 1. The highest BCUT2D eigenvalue weighted by Gasteiger charge is 2.38. The third-order valence-corrected chi connectivity index (χ3v) is 8.96. The van der Waals surface area contributed by atoms with Crippen molar-refractivity contribution < 1.29 is 22.7 Å². The zero-order valence-corrected chi connectivity index (χ0v) is 24.0. The second-order valence-electron chi connectivity index (χ2n) is 10.3. The first-order valence-corrected chi connectivity index (χ1v) is 15.1. The van der Waals surface area contributed by atoms with Crippen molar-refractivity contribution in [3.63, 3.8) is 0 Å². The van der Waals surface area contributed by atoms with E-state index in [4.69, 9.17) is 4.74 Å². The smallest absolute Gasteiger partial charge is 0.329 e. The summed E-state index contributed by atoms with van der Waals surface area (Å²) in [7, 11) is -2.12. The normalized spacial score (nSPS) is 18.3. The molecule has 9 nitrogen and oxygen atoms in total. The van der Waals surface area contributed by atoms with Crippen LogP contribution < -0.4 is 4.72 Å². The van der Waals surface area contributed by atoms with Gasteiger partial charge in [0.15, 0.2) is 0 Å². The number of likely N-dealkylation sites (N-methyl/N-ethyl adjacent to an activating group) is 1. The fourth-order valence-electron chi connectivity index (χ4n) is 5.26. The fourth-order valence-corrected chi connectivity index (χ4v) is 6.50. The Bertz CT molecular complexity index is 1450. The molecule has 2 aliphatic rings. The minimum atomic E-state index is -4.11. The van der Waals surface area contributed by atoms with Crippen molar-refractivity contribution in [1.82, 2.24) is 14.5 Å². The van der Waals surface area contributed by atoms with Crippen LogP contribution in [-0.4, -0.2) is 68.9 Å². The van der Waals surface area contributed by atoms with Gasteiger partial charge in [0, 0.05) is 19.6 Å². The van der Waals surface area contributed by atoms with Gasteiger partial charge in [0.1, 0.15) is 12.1 Å². The van der Waals surface area contributed by atoms with Crippen LogP contribution in [-0.2, 0) is 43.7 Å². The Hall–Kier alpha value is -3.52. The Morgan fingerprint density at radius 3 is 2.70 bits per heavy atom. The summed E-state index contributed by atoms with van der Waals surface area (Å²) in [4.78, 5) is 30.5. The predicted molar refractivity (Wildman–Crippen MR) is 151 cm³/mol. The molecule has 0 fully saturated rings. The first-order valence-electron chi connectivity index (χ1n) is 13.6. The molecular formula is C30H36N4O5S. The number of carbonyl (C=O) groups is 2. The molecule has 4 rings (SSSR count). The van der Waals surface area contributed by atoms with Gasteiger partial charge in [0.25, 0.3) is 0 Å². The Balaban J connectivity index is 1.68. The average molecular weight is 565 g/mol. The highest BCUT2D eigenvalue weighted by atomic mass is 32.2. The molecule has 0 unspecified atom stereocenters. The zero-order chi connectivity index (χ0) is 28.9. The van der Waals surface area contributed by atoms with Crippen molar-refractivity contribution in [2.75, 3.05) is 26.7 Å². The van der Waals surface area contributed by atoms with Crippen LogP contribution in [0.2, 0.25) is 0 Å². The fraction of sp³-hybridized carbons (Fsp3) is 0.433. The molecule has 1 amide bonds. The number of ether oxygens (including phenoxy) is 1. The summed E-state index contributed by atoms with van der Waals surface area (Å²) in [5.74, 6) is -1.03. The number of hydrogen-bond acceptors (Lipinski definition) is 7. The van der Waals surface area contributed by atoms with E-state index >= 15 is 0 Å². The Morgan fingerprint density at radius 1 is 1.18 bits per heavy atom. The third kappa shape index (κ3) is 6.78. The summed E-state index contributed by atoms with van der Waals surface area (Å²) in [5.41, 5.74) is 4.13. The molecule has 2 aromatic carbocycles. The Kier molecular flexibility index (Phi) is 9.40. The summed E-state index contributed by atoms with van der Waals surface area (Å²) in [6, 6.07) is 11.8. The number of rotatable bonds is 9. The van der Waals surface area contributed by atoms with Crippen LogP contribution in [0.5, 0.6) is 0 Å². The van der Waals surface area contributed by atoms with Gasteiger partial charge in [-0.05, 0) is 80.6 Å². The van der Waals surface area contributed by atoms with Gasteiger partial charge in [-0.1, -0.05) is 36.8 Å². The molecule has 0 bridgehead atoms. The average Bonchev–Trinajstić information content (AvgIpc) is 2.95. The lowest BCUT2D eigenvalue weighted by molar-refractivity contribution is -0.155. The van der Waals surface area contributed by atoms with Crippen molar-refractivity contribution in [2.45, 2.75) is 63.1 Å². The Morgan fingerprint density at radius 2 is 1.98 bits per heavy atom. The summed E-state index contributed by atoms with van der Waals surface area (Å²) < 4.78 is 35.3. The van der Waals surface area contributed by atoms with E-state index in [1.165, 1.54) is 4.90 Å². The molecule has 10 heteroatoms. The minimum absolute atomic E-state index is 0.0116. The first-order chi connectivity index (χ1) is 19.1. The number of carbonyl (C=O) groups excluding carboxylic acids is 2. The second kappa shape index (κ2) is 12.8. The van der Waals surface area contributed by atoms with Crippen molar-refractivity contribution in [1.29, 1.82) is 5.26 Å². The molecule has 0 spiro atoms. The summed E-state index contributed by atoms with van der Waals surface area (Å²) in [5, 5.41) is 9.36. The largest absolute Gasteiger partial charge is 0.464 e. The van der Waals surface area contributed by atoms with Gasteiger partial charge in [0.2, 0.25) is 15.9 Å². The van der Waals surface area contributed by atoms with Gasteiger partial charge in [-0.2, -0.15) is 9.98 Å². The van der Waals surface area contributed by atoms with Crippen molar-refractivity contribution >= 4 is 21.9 Å². The maximum atomic E-state index is 14.0. The number of nitriles is 1. The lowest BCUT2D eigenvalue weighted by atomic mass is 9.96. The van der Waals surface area contributed by atoms with E-state index in [0.29, 0.717) is 24.1 Å². The number of benzene rings is 2. The quantitative estimate of drug-likeness (QED) is 0.367. The molecule has 2 aliphatic heterocycles. The van der Waals surface area contributed by atoms with Gasteiger partial charge >= 0.3 is 5.97 Å². The molecule has 0 radical (unpaired) electrons. The molecule has 0 saturated carbocycles. The molecule has 2 heterocycles. The number of sulfonamides is 1. The lowest BCUT2D eigenvalue weighted by Gasteiger charge is -2.36. The van der Waals surface area contributed by atoms with Crippen molar-refractivity contribution in [3.05, 3.63) is 76.4 Å². The number of nitrogens with zero attached hydrogens (tertiary/aromatic N) is 3. The molecule has 40 heavy (non-hydrogen) atoms. The van der Waals surface area contributed by atoms with E-state index in [1.807, 2.05) is 26.1 Å². The van der Waals surface area contributed by atoms with E-state index in [2.05, 4.69) is 15.7 Å². The van der Waals surface area contributed by atoms with Crippen molar-refractivity contribution in [2.24, 2.45) is 0 Å². The topological polar surface area (TPSA) is 120 Å². The molecular weight excluding hydrogens is 528 g/mol. The number of hydrogen-bond donors (Lipinski definition) is 1. The van der Waals surface area contributed by atoms with Crippen LogP contribution in [0.15, 0.2) is 59.0 Å². The van der Waals surface area contributed by atoms with Crippen LogP contribution in [0.4, 0.5) is 0 Å². The van der Waals surface area contributed by atoms with Crippen LogP contribution >= 0.6 is 0 Å². The predicted octanol–water partition coefficient (Wildman–Crippen LogP) is 2.94. The molecule has 0 saturated heterocycles. The Labute approximate surface area is 236 Å². The summed E-state index contributed by atoms with van der Waals surface area (Å²) in [6.45, 7) is 5.59. The zero-order valence-electron chi connectivity index (χ0n) is 23.2. The van der Waals surface area contributed by atoms with Crippen LogP contribution in [0.3, 0.4) is 0 Å². The van der Waals surface area contributed by atoms with Crippen LogP contribution in [0, 0.1) is 11.3 Å². The third-order valence-electron chi connectivity index (χ3n) is 7.49. The molecule has 0 aromatic heterocycles. The van der Waals surface area contributed by atoms with Gasteiger partial charge < -0.3 is 14.5 Å². The number of fused-ring (bicyclic) bond motifs is 1. The first kappa shape index (κ1) is 29.5. The van der Waals surface area contributed by atoms with Gasteiger partial charge in [-0.25, -0.2) is 13.2 Å².